The van der Waals surface area contributed by atoms with Crippen LogP contribution in [0.1, 0.15) is 39.5 Å². The van der Waals surface area contributed by atoms with Crippen LogP contribution in [0.4, 0.5) is 0 Å². The smallest absolute Gasteiger partial charge is 0.278 e. The molecular weight excluding hydrogens is 639 g/mol. The molecule has 0 saturated heterocycles. The first-order valence-corrected chi connectivity index (χ1v) is 13.4. The normalized spacial score (nSPS) is 33.7. The summed E-state index contributed by atoms with van der Waals surface area (Å²) in [7, 11) is -17.2. The van der Waals surface area contributed by atoms with Gasteiger partial charge in [-0.05, 0) is 11.8 Å². The van der Waals surface area contributed by atoms with Gasteiger partial charge in [-0.1, -0.05) is 12.8 Å². The molecule has 2 unspecified atom stereocenters. The summed E-state index contributed by atoms with van der Waals surface area (Å²) in [5.74, 6) is 0.267. The maximum absolute atomic E-state index is 11.3. The van der Waals surface area contributed by atoms with Gasteiger partial charge in [0, 0.05) is 72.0 Å². The van der Waals surface area contributed by atoms with Crippen molar-refractivity contribution in [2.45, 2.75) is 39.5 Å². The predicted molar refractivity (Wildman–Crippen MR) is 99.0 cm³/mol. The molecule has 0 heterocycles. The number of phosphoric acid groups is 3. The van der Waals surface area contributed by atoms with Crippen molar-refractivity contribution in [3.8, 4) is 0 Å². The molecule has 1 N–H and O–H groups in total. The van der Waals surface area contributed by atoms with E-state index >= 15 is 0 Å². The molecule has 186 valence electrons. The first-order valence-electron chi connectivity index (χ1n) is 9.05. The molecule has 2 aliphatic rings. The van der Waals surface area contributed by atoms with E-state index < -0.39 is 23.5 Å². The van der Waals surface area contributed by atoms with Crippen molar-refractivity contribution in [3.63, 3.8) is 0 Å². The summed E-state index contributed by atoms with van der Waals surface area (Å²) in [4.78, 5) is 42.4. The van der Waals surface area contributed by atoms with Crippen LogP contribution in [0.2, 0.25) is 0 Å². The molecule has 2 rings (SSSR count). The zero-order valence-corrected chi connectivity index (χ0v) is 26.4. The largest absolute Gasteiger partial charge is 0.790 e. The van der Waals surface area contributed by atoms with Crippen LogP contribution in [-0.2, 0) is 92.3 Å². The SMILES string of the molecule is [CH2-][C@]1(C)[CH-]C[C@@H](CO)C1.[CH2-][C@]1(C)[CH-]C[C@@H](COP(=O)([O-])OP(=O)([O-])OP(=O)([O-])[O-])C1.[Y].[Y]. The minimum atomic E-state index is -5.96. The van der Waals surface area contributed by atoms with Crippen LogP contribution in [0.25, 0.3) is 0 Å². The fraction of sp³-hybridized carbons (Fsp3) is 0.750. The first-order chi connectivity index (χ1) is 13.3. The number of hydrogen-bond donors (Lipinski definition) is 1. The molecule has 11 nitrogen and oxygen atoms in total. The van der Waals surface area contributed by atoms with Gasteiger partial charge in [0.2, 0.25) is 0 Å². The van der Waals surface area contributed by atoms with E-state index in [4.69, 9.17) is 5.11 Å². The molecule has 0 bridgehead atoms. The Morgan fingerprint density at radius 3 is 1.66 bits per heavy atom. The Balaban J connectivity index is 0. The number of rotatable bonds is 8. The van der Waals surface area contributed by atoms with E-state index in [0.717, 1.165) is 12.8 Å². The Kier molecular flexibility index (Phi) is 16.6. The first kappa shape index (κ1) is 36.7. The number of aliphatic hydroxyl groups is 1. The molecule has 2 saturated carbocycles. The van der Waals surface area contributed by atoms with Crippen LogP contribution in [-0.4, -0.2) is 18.3 Å². The van der Waals surface area contributed by atoms with Crippen molar-refractivity contribution in [3.05, 3.63) is 26.7 Å². The summed E-state index contributed by atoms with van der Waals surface area (Å²) < 4.78 is 43.1. The molecule has 2 fully saturated rings. The van der Waals surface area contributed by atoms with Crippen LogP contribution in [0.15, 0.2) is 0 Å². The van der Waals surface area contributed by atoms with Gasteiger partial charge in [-0.25, -0.2) is 4.31 Å². The standard InChI is InChI=1S/C8H17O10P3.C8H14O.2Y/c1-8(2)4-3-7(5-8)6-16-20(12,13)18-21(14,15)17-19(9,10)11;1-8(2)4-3-7(5-8)6-9;;/h4,7H,1,3,5-6H2,2H3,(H,12,13)(H,14,15)(H2,9,10,11);4,7,9H,1,3,5-6H2,2H3;;/q2*-2;;/p-4/t2*7-,8+;;/m11../s1. The third-order valence-corrected chi connectivity index (χ3v) is 8.19. The van der Waals surface area contributed by atoms with Crippen molar-refractivity contribution in [2.75, 3.05) is 13.2 Å². The van der Waals surface area contributed by atoms with Gasteiger partial charge in [-0.3, -0.25) is 24.3 Å². The number of hydrogen-bond acceptors (Lipinski definition) is 11. The van der Waals surface area contributed by atoms with Crippen molar-refractivity contribution >= 4 is 23.5 Å². The summed E-state index contributed by atoms with van der Waals surface area (Å²) in [6, 6.07) is 0. The van der Waals surface area contributed by atoms with Crippen molar-refractivity contribution in [1.82, 2.24) is 0 Å². The van der Waals surface area contributed by atoms with Gasteiger partial charge in [-0.15, -0.1) is 13.8 Å². The summed E-state index contributed by atoms with van der Waals surface area (Å²) in [6.07, 6.45) is 7.19. The zero-order chi connectivity index (χ0) is 23.4. The van der Waals surface area contributed by atoms with Crippen LogP contribution in [0.3, 0.4) is 0 Å². The van der Waals surface area contributed by atoms with Crippen molar-refractivity contribution < 1.29 is 117 Å². The Morgan fingerprint density at radius 2 is 1.34 bits per heavy atom. The number of phosphoric ester groups is 1. The second-order valence-corrected chi connectivity index (χ2v) is 12.6. The predicted octanol–water partition coefficient (Wildman–Crippen LogP) is 0.685. The average Bonchev–Trinajstić information content (AvgIpc) is 3.03. The van der Waals surface area contributed by atoms with E-state index in [-0.39, 0.29) is 88.8 Å². The third kappa shape index (κ3) is 16.3. The number of aliphatic hydroxyl groups excluding tert-OH is 1. The van der Waals surface area contributed by atoms with Gasteiger partial charge in [-0.2, -0.15) is 12.8 Å². The molecular formula is C16H27O11P3Y2-8. The monoisotopic (exact) mass is 666 g/mol. The Hall–Kier alpha value is 2.58. The molecule has 0 aromatic rings. The van der Waals surface area contributed by atoms with E-state index in [9.17, 15) is 33.3 Å². The van der Waals surface area contributed by atoms with E-state index in [1.807, 2.05) is 13.3 Å². The molecule has 6 atom stereocenters. The fourth-order valence-electron chi connectivity index (χ4n) is 3.30. The van der Waals surface area contributed by atoms with Crippen LogP contribution in [0, 0.1) is 49.4 Å². The maximum atomic E-state index is 11.3. The van der Waals surface area contributed by atoms with Gasteiger partial charge in [0.15, 0.2) is 0 Å². The van der Waals surface area contributed by atoms with Crippen molar-refractivity contribution in [2.24, 2.45) is 22.7 Å². The summed E-state index contributed by atoms with van der Waals surface area (Å²) in [5.41, 5.74) is -0.205. The third-order valence-electron chi connectivity index (χ3n) is 4.52. The molecule has 0 aromatic heterocycles. The van der Waals surface area contributed by atoms with Crippen LogP contribution < -0.4 is 19.6 Å². The second kappa shape index (κ2) is 14.5. The van der Waals surface area contributed by atoms with Gasteiger partial charge in [0.05, 0.1) is 14.4 Å². The van der Waals surface area contributed by atoms with Crippen LogP contribution in [0.5, 0.6) is 0 Å². The molecule has 0 aromatic carbocycles. The maximum Gasteiger partial charge on any atom is 0.278 e. The fourth-order valence-corrected chi connectivity index (χ4v) is 6.23. The molecule has 2 radical (unpaired) electrons. The Labute approximate surface area is 240 Å². The molecule has 0 amide bonds. The Morgan fingerprint density at radius 1 is 0.906 bits per heavy atom. The van der Waals surface area contributed by atoms with Gasteiger partial charge in [0.25, 0.3) is 15.6 Å². The molecule has 0 spiro atoms. The van der Waals surface area contributed by atoms with Crippen LogP contribution >= 0.6 is 23.5 Å². The summed E-state index contributed by atoms with van der Waals surface area (Å²) >= 11 is 0. The van der Waals surface area contributed by atoms with E-state index in [1.54, 1.807) is 0 Å². The van der Waals surface area contributed by atoms with E-state index in [2.05, 4.69) is 40.3 Å². The zero-order valence-electron chi connectivity index (χ0n) is 18.0. The molecule has 16 heteroatoms. The van der Waals surface area contributed by atoms with E-state index in [0.29, 0.717) is 25.4 Å². The average molecular weight is 666 g/mol. The second-order valence-electron chi connectivity index (χ2n) is 8.31. The summed E-state index contributed by atoms with van der Waals surface area (Å²) in [6.45, 7) is 11.8. The summed E-state index contributed by atoms with van der Waals surface area (Å²) in [5, 5.41) is 8.75. The van der Waals surface area contributed by atoms with Gasteiger partial charge >= 0.3 is 0 Å². The quantitative estimate of drug-likeness (QED) is 0.283. The molecule has 32 heavy (non-hydrogen) atoms. The molecule has 0 aliphatic heterocycles. The minimum absolute atomic E-state index is 0. The van der Waals surface area contributed by atoms with Gasteiger partial charge < -0.3 is 60.5 Å². The van der Waals surface area contributed by atoms with Gasteiger partial charge in [0.1, 0.15) is 0 Å². The van der Waals surface area contributed by atoms with E-state index in [1.165, 1.54) is 0 Å². The topological polar surface area (TPSA) is 191 Å². The van der Waals surface area contributed by atoms with Crippen molar-refractivity contribution in [1.29, 1.82) is 0 Å². The molecule has 2 aliphatic carbocycles. The Bertz CT molecular complexity index is 713. The minimum Gasteiger partial charge on any atom is -0.790 e.